The highest BCUT2D eigenvalue weighted by Gasteiger charge is 2.26. The lowest BCUT2D eigenvalue weighted by molar-refractivity contribution is -0.123. The molecular formula is C19H22ClN3O4S. The molecule has 0 aliphatic carbocycles. The van der Waals surface area contributed by atoms with E-state index in [0.717, 1.165) is 25.0 Å². The van der Waals surface area contributed by atoms with Gasteiger partial charge < -0.3 is 10.1 Å². The maximum absolute atomic E-state index is 12.7. The van der Waals surface area contributed by atoms with Gasteiger partial charge in [0.05, 0.1) is 22.2 Å². The van der Waals surface area contributed by atoms with Crippen LogP contribution in [0.3, 0.4) is 0 Å². The lowest BCUT2D eigenvalue weighted by atomic mass is 10.2. The first-order valence-corrected chi connectivity index (χ1v) is 10.9. The van der Waals surface area contributed by atoms with E-state index < -0.39 is 10.0 Å². The van der Waals surface area contributed by atoms with Crippen LogP contribution in [-0.2, 0) is 21.4 Å². The van der Waals surface area contributed by atoms with Gasteiger partial charge >= 0.3 is 0 Å². The largest absolute Gasteiger partial charge is 0.482 e. The Morgan fingerprint density at radius 3 is 2.64 bits per heavy atom. The minimum atomic E-state index is -3.56. The number of halogens is 1. The van der Waals surface area contributed by atoms with E-state index in [1.54, 1.807) is 18.3 Å². The zero-order valence-corrected chi connectivity index (χ0v) is 16.9. The highest BCUT2D eigenvalue weighted by atomic mass is 35.5. The Bertz CT molecular complexity index is 916. The fraction of sp³-hybridized carbons (Fsp3) is 0.368. The monoisotopic (exact) mass is 423 g/mol. The minimum absolute atomic E-state index is 0.131. The van der Waals surface area contributed by atoms with Gasteiger partial charge in [-0.25, -0.2) is 8.42 Å². The number of carbonyl (C=O) groups excluding carboxylic acids is 1. The van der Waals surface area contributed by atoms with E-state index in [1.165, 1.54) is 22.5 Å². The van der Waals surface area contributed by atoms with Crippen LogP contribution in [0.25, 0.3) is 0 Å². The summed E-state index contributed by atoms with van der Waals surface area (Å²) in [6, 6.07) is 9.74. The lowest BCUT2D eigenvalue weighted by Gasteiger charge is -2.26. The lowest BCUT2D eigenvalue weighted by Crippen LogP contribution is -2.35. The highest BCUT2D eigenvalue weighted by molar-refractivity contribution is 7.89. The summed E-state index contributed by atoms with van der Waals surface area (Å²) >= 11 is 6.18. The van der Waals surface area contributed by atoms with Gasteiger partial charge in [0.25, 0.3) is 5.91 Å². The van der Waals surface area contributed by atoms with Crippen molar-refractivity contribution in [2.45, 2.75) is 30.7 Å². The first kappa shape index (κ1) is 20.6. The quantitative estimate of drug-likeness (QED) is 0.739. The average Bonchev–Trinajstić information content (AvgIpc) is 2.72. The van der Waals surface area contributed by atoms with Crippen LogP contribution in [-0.4, -0.2) is 43.3 Å². The fourth-order valence-corrected chi connectivity index (χ4v) is 4.74. The number of nitrogens with zero attached hydrogens (tertiary/aromatic N) is 2. The number of hydrogen-bond acceptors (Lipinski definition) is 5. The summed E-state index contributed by atoms with van der Waals surface area (Å²) in [5.41, 5.74) is 0.737. The third kappa shape index (κ3) is 5.21. The molecule has 1 amide bonds. The molecule has 0 saturated carbocycles. The topological polar surface area (TPSA) is 88.6 Å². The molecule has 1 aliphatic rings. The summed E-state index contributed by atoms with van der Waals surface area (Å²) in [5.74, 6) is -0.0704. The van der Waals surface area contributed by atoms with Crippen molar-refractivity contribution in [2.24, 2.45) is 0 Å². The van der Waals surface area contributed by atoms with Gasteiger partial charge in [-0.15, -0.1) is 0 Å². The number of benzene rings is 1. The molecule has 9 heteroatoms. The minimum Gasteiger partial charge on any atom is -0.482 e. The second kappa shape index (κ2) is 9.36. The Kier molecular flexibility index (Phi) is 6.88. The number of hydrogen-bond donors (Lipinski definition) is 1. The molecule has 1 aromatic carbocycles. The predicted molar refractivity (Wildman–Crippen MR) is 106 cm³/mol. The van der Waals surface area contributed by atoms with Crippen LogP contribution in [0.5, 0.6) is 5.75 Å². The van der Waals surface area contributed by atoms with E-state index in [0.29, 0.717) is 19.6 Å². The average molecular weight is 424 g/mol. The molecule has 1 aliphatic heterocycles. The summed E-state index contributed by atoms with van der Waals surface area (Å²) < 4.78 is 32.3. The van der Waals surface area contributed by atoms with Gasteiger partial charge in [-0.1, -0.05) is 24.1 Å². The highest BCUT2D eigenvalue weighted by Crippen LogP contribution is 2.29. The Hall–Kier alpha value is -2.16. The number of amides is 1. The van der Waals surface area contributed by atoms with Crippen molar-refractivity contribution < 1.29 is 17.9 Å². The predicted octanol–water partition coefficient (Wildman–Crippen LogP) is 2.60. The number of sulfonamides is 1. The molecule has 1 aromatic heterocycles. The van der Waals surface area contributed by atoms with Crippen LogP contribution in [0.2, 0.25) is 5.02 Å². The molecule has 0 spiro atoms. The number of aromatic nitrogens is 1. The second-order valence-electron chi connectivity index (χ2n) is 6.44. The SMILES string of the molecule is O=C(COc1ccc(S(=O)(=O)N2CCCCC2)cc1Cl)NCc1ccccn1. The third-order valence-corrected chi connectivity index (χ3v) is 6.60. The molecular weight excluding hydrogens is 402 g/mol. The van der Waals surface area contributed by atoms with E-state index in [2.05, 4.69) is 10.3 Å². The smallest absolute Gasteiger partial charge is 0.258 e. The molecule has 0 atom stereocenters. The van der Waals surface area contributed by atoms with E-state index >= 15 is 0 Å². The zero-order valence-electron chi connectivity index (χ0n) is 15.3. The molecule has 0 radical (unpaired) electrons. The molecule has 2 aromatic rings. The number of nitrogens with one attached hydrogen (secondary N) is 1. The Balaban J connectivity index is 1.57. The molecule has 1 fully saturated rings. The van der Waals surface area contributed by atoms with Crippen molar-refractivity contribution >= 4 is 27.5 Å². The van der Waals surface area contributed by atoms with Gasteiger partial charge in [-0.3, -0.25) is 9.78 Å². The van der Waals surface area contributed by atoms with Crippen LogP contribution in [0.4, 0.5) is 0 Å². The molecule has 28 heavy (non-hydrogen) atoms. The molecule has 1 N–H and O–H groups in total. The fourth-order valence-electron chi connectivity index (χ4n) is 2.90. The molecule has 3 rings (SSSR count). The van der Waals surface area contributed by atoms with Crippen molar-refractivity contribution in [1.82, 2.24) is 14.6 Å². The van der Waals surface area contributed by atoms with Gasteiger partial charge in [-0.05, 0) is 43.2 Å². The van der Waals surface area contributed by atoms with Crippen molar-refractivity contribution in [3.63, 3.8) is 0 Å². The Labute approximate surface area is 169 Å². The van der Waals surface area contributed by atoms with Crippen LogP contribution >= 0.6 is 11.6 Å². The molecule has 2 heterocycles. The van der Waals surface area contributed by atoms with E-state index in [1.807, 2.05) is 6.07 Å². The standard InChI is InChI=1S/C19H22ClN3O4S/c20-17-12-16(28(25,26)23-10-4-1-5-11-23)7-8-18(17)27-14-19(24)22-13-15-6-2-3-9-21-15/h2-3,6-9,12H,1,4-5,10-11,13-14H2,(H,22,24). The van der Waals surface area contributed by atoms with Gasteiger partial charge in [0, 0.05) is 19.3 Å². The normalized spacial score (nSPS) is 15.2. The van der Waals surface area contributed by atoms with Crippen LogP contribution < -0.4 is 10.1 Å². The number of pyridine rings is 1. The maximum Gasteiger partial charge on any atom is 0.258 e. The Morgan fingerprint density at radius 2 is 1.96 bits per heavy atom. The van der Waals surface area contributed by atoms with Crippen LogP contribution in [0, 0.1) is 0 Å². The van der Waals surface area contributed by atoms with Crippen molar-refractivity contribution in [3.05, 3.63) is 53.3 Å². The zero-order chi connectivity index (χ0) is 20.0. The van der Waals surface area contributed by atoms with Crippen molar-refractivity contribution in [2.75, 3.05) is 19.7 Å². The van der Waals surface area contributed by atoms with Crippen LogP contribution in [0.15, 0.2) is 47.5 Å². The molecule has 0 unspecified atom stereocenters. The first-order chi connectivity index (χ1) is 13.5. The second-order valence-corrected chi connectivity index (χ2v) is 8.79. The van der Waals surface area contributed by atoms with Gasteiger partial charge in [0.1, 0.15) is 5.75 Å². The number of ether oxygens (including phenoxy) is 1. The number of rotatable bonds is 7. The number of piperidine rings is 1. The summed E-state index contributed by atoms with van der Waals surface area (Å²) in [4.78, 5) is 16.2. The number of carbonyl (C=O) groups is 1. The summed E-state index contributed by atoms with van der Waals surface area (Å²) in [5, 5.41) is 2.84. The van der Waals surface area contributed by atoms with E-state index in [-0.39, 0.29) is 28.2 Å². The van der Waals surface area contributed by atoms with Gasteiger partial charge in [0.15, 0.2) is 6.61 Å². The molecule has 7 nitrogen and oxygen atoms in total. The maximum atomic E-state index is 12.7. The van der Waals surface area contributed by atoms with Crippen molar-refractivity contribution in [3.8, 4) is 5.75 Å². The molecule has 150 valence electrons. The first-order valence-electron chi connectivity index (χ1n) is 9.06. The van der Waals surface area contributed by atoms with Crippen molar-refractivity contribution in [1.29, 1.82) is 0 Å². The summed E-state index contributed by atoms with van der Waals surface area (Å²) in [6.45, 7) is 1.11. The van der Waals surface area contributed by atoms with E-state index in [4.69, 9.17) is 16.3 Å². The summed E-state index contributed by atoms with van der Waals surface area (Å²) in [6.07, 6.45) is 4.42. The third-order valence-electron chi connectivity index (χ3n) is 4.41. The van der Waals surface area contributed by atoms with Gasteiger partial charge in [0.2, 0.25) is 10.0 Å². The molecule has 1 saturated heterocycles. The van der Waals surface area contributed by atoms with Crippen LogP contribution in [0.1, 0.15) is 25.0 Å². The Morgan fingerprint density at radius 1 is 1.18 bits per heavy atom. The molecule has 0 bridgehead atoms. The van der Waals surface area contributed by atoms with Gasteiger partial charge in [-0.2, -0.15) is 4.31 Å². The summed E-state index contributed by atoms with van der Waals surface area (Å²) in [7, 11) is -3.56. The van der Waals surface area contributed by atoms with E-state index in [9.17, 15) is 13.2 Å².